The van der Waals surface area contributed by atoms with Crippen LogP contribution < -0.4 is 0 Å². The first-order valence-corrected chi connectivity index (χ1v) is 7.44. The third-order valence-corrected chi connectivity index (χ3v) is 4.15. The van der Waals surface area contributed by atoms with E-state index in [0.717, 1.165) is 13.1 Å². The fraction of sp³-hybridized carbons (Fsp3) is 0.714. The number of aromatic nitrogens is 2. The topological polar surface area (TPSA) is 56.6 Å². The van der Waals surface area contributed by atoms with Crippen molar-refractivity contribution in [2.75, 3.05) is 40.0 Å². The highest BCUT2D eigenvalue weighted by atomic mass is 35.5. The van der Waals surface area contributed by atoms with Gasteiger partial charge in [0.1, 0.15) is 5.69 Å². The molecule has 0 unspecified atom stereocenters. The Morgan fingerprint density at radius 3 is 2.76 bits per heavy atom. The van der Waals surface area contributed by atoms with E-state index >= 15 is 0 Å². The zero-order valence-corrected chi connectivity index (χ0v) is 13.5. The Kier molecular flexibility index (Phi) is 5.37. The lowest BCUT2D eigenvalue weighted by Crippen LogP contribution is -2.54. The second-order valence-corrected chi connectivity index (χ2v) is 5.95. The third kappa shape index (κ3) is 3.45. The van der Waals surface area contributed by atoms with Crippen LogP contribution in [-0.2, 0) is 16.0 Å². The predicted molar refractivity (Wildman–Crippen MR) is 79.9 cm³/mol. The second kappa shape index (κ2) is 6.87. The number of carbonyl (C=O) groups excluding carboxylic acids is 1. The summed E-state index contributed by atoms with van der Waals surface area (Å²) >= 11 is 6.18. The Morgan fingerprint density at radius 2 is 2.14 bits per heavy atom. The molecule has 0 aromatic carbocycles. The monoisotopic (exact) mass is 315 g/mol. The SMILES string of the molecule is COCCn1ncc(Cl)c1C(=O)C(C)(C)N1CCOCC1. The van der Waals surface area contributed by atoms with Crippen molar-refractivity contribution in [2.24, 2.45) is 0 Å². The van der Waals surface area contributed by atoms with Crippen molar-refractivity contribution in [2.45, 2.75) is 25.9 Å². The van der Waals surface area contributed by atoms with Gasteiger partial charge in [0.05, 0.1) is 43.1 Å². The molecule has 2 rings (SSSR count). The highest BCUT2D eigenvalue weighted by Crippen LogP contribution is 2.26. The number of methoxy groups -OCH3 is 1. The molecule has 118 valence electrons. The molecule has 0 spiro atoms. The van der Waals surface area contributed by atoms with Crippen molar-refractivity contribution >= 4 is 17.4 Å². The summed E-state index contributed by atoms with van der Waals surface area (Å²) in [5, 5.41) is 4.56. The van der Waals surface area contributed by atoms with E-state index in [1.54, 1.807) is 11.8 Å². The van der Waals surface area contributed by atoms with Crippen LogP contribution in [0.15, 0.2) is 6.20 Å². The van der Waals surface area contributed by atoms with E-state index in [2.05, 4.69) is 10.00 Å². The van der Waals surface area contributed by atoms with E-state index in [1.165, 1.54) is 6.20 Å². The first-order valence-electron chi connectivity index (χ1n) is 7.06. The molecule has 0 bridgehead atoms. The van der Waals surface area contributed by atoms with Crippen LogP contribution >= 0.6 is 11.6 Å². The van der Waals surface area contributed by atoms with Gasteiger partial charge in [-0.2, -0.15) is 5.10 Å². The van der Waals surface area contributed by atoms with Crippen LogP contribution in [0.25, 0.3) is 0 Å². The lowest BCUT2D eigenvalue weighted by molar-refractivity contribution is -0.00469. The molecule has 1 fully saturated rings. The molecule has 21 heavy (non-hydrogen) atoms. The molecular weight excluding hydrogens is 294 g/mol. The van der Waals surface area contributed by atoms with Gasteiger partial charge in [0, 0.05) is 20.2 Å². The van der Waals surface area contributed by atoms with Gasteiger partial charge in [-0.15, -0.1) is 0 Å². The maximum absolute atomic E-state index is 13.0. The number of Topliss-reactive ketones (excluding diaryl/α,β-unsaturated/α-hetero) is 1. The molecule has 0 aliphatic carbocycles. The molecule has 1 aliphatic rings. The summed E-state index contributed by atoms with van der Waals surface area (Å²) in [7, 11) is 1.62. The van der Waals surface area contributed by atoms with Crippen LogP contribution in [0.5, 0.6) is 0 Å². The molecule has 0 amide bonds. The molecule has 0 saturated carbocycles. The summed E-state index contributed by atoms with van der Waals surface area (Å²) in [6.45, 7) is 7.60. The largest absolute Gasteiger partial charge is 0.383 e. The van der Waals surface area contributed by atoms with Gasteiger partial charge in [0.25, 0.3) is 0 Å². The second-order valence-electron chi connectivity index (χ2n) is 5.54. The van der Waals surface area contributed by atoms with Gasteiger partial charge in [0.2, 0.25) is 5.78 Å². The van der Waals surface area contributed by atoms with E-state index in [1.807, 2.05) is 13.8 Å². The van der Waals surface area contributed by atoms with Gasteiger partial charge in [-0.05, 0) is 13.8 Å². The van der Waals surface area contributed by atoms with Gasteiger partial charge in [-0.1, -0.05) is 11.6 Å². The van der Waals surface area contributed by atoms with Crippen LogP contribution in [0.4, 0.5) is 0 Å². The summed E-state index contributed by atoms with van der Waals surface area (Å²) < 4.78 is 12.0. The summed E-state index contributed by atoms with van der Waals surface area (Å²) in [5.41, 5.74) is -0.191. The van der Waals surface area contributed by atoms with Gasteiger partial charge in [-0.3, -0.25) is 14.4 Å². The summed E-state index contributed by atoms with van der Waals surface area (Å²) in [5.74, 6) is -0.0250. The van der Waals surface area contributed by atoms with E-state index in [0.29, 0.717) is 37.1 Å². The highest BCUT2D eigenvalue weighted by Gasteiger charge is 2.38. The number of nitrogens with zero attached hydrogens (tertiary/aromatic N) is 3. The van der Waals surface area contributed by atoms with Crippen molar-refractivity contribution in [3.8, 4) is 0 Å². The maximum Gasteiger partial charge on any atom is 0.201 e. The quantitative estimate of drug-likeness (QED) is 0.744. The number of rotatable bonds is 6. The molecule has 1 aromatic heterocycles. The lowest BCUT2D eigenvalue weighted by atomic mass is 9.93. The Bertz CT molecular complexity index is 496. The average Bonchev–Trinajstić information content (AvgIpc) is 2.86. The zero-order chi connectivity index (χ0) is 15.5. The molecule has 1 saturated heterocycles. The summed E-state index contributed by atoms with van der Waals surface area (Å²) in [6, 6.07) is 0. The molecule has 2 heterocycles. The number of carbonyl (C=O) groups is 1. The molecular formula is C14H22ClN3O3. The molecule has 0 N–H and O–H groups in total. The molecule has 0 radical (unpaired) electrons. The Labute approximate surface area is 129 Å². The van der Waals surface area contributed by atoms with E-state index in [-0.39, 0.29) is 5.78 Å². The van der Waals surface area contributed by atoms with Crippen molar-refractivity contribution < 1.29 is 14.3 Å². The van der Waals surface area contributed by atoms with Crippen LogP contribution in [0.3, 0.4) is 0 Å². The number of morpholine rings is 1. The van der Waals surface area contributed by atoms with Gasteiger partial charge < -0.3 is 9.47 Å². The number of halogens is 1. The normalized spacial score (nSPS) is 17.1. The van der Waals surface area contributed by atoms with Crippen molar-refractivity contribution in [3.63, 3.8) is 0 Å². The van der Waals surface area contributed by atoms with Gasteiger partial charge >= 0.3 is 0 Å². The van der Waals surface area contributed by atoms with E-state index in [4.69, 9.17) is 21.1 Å². The fourth-order valence-corrected chi connectivity index (χ4v) is 2.72. The van der Waals surface area contributed by atoms with Crippen molar-refractivity contribution in [1.29, 1.82) is 0 Å². The van der Waals surface area contributed by atoms with Gasteiger partial charge in [-0.25, -0.2) is 0 Å². The van der Waals surface area contributed by atoms with Gasteiger partial charge in [0.15, 0.2) is 0 Å². The molecule has 7 heteroatoms. The van der Waals surface area contributed by atoms with Crippen molar-refractivity contribution in [1.82, 2.24) is 14.7 Å². The van der Waals surface area contributed by atoms with Crippen LogP contribution in [0.2, 0.25) is 5.02 Å². The standard InChI is InChI=1S/C14H22ClN3O3/c1-14(2,17-4-8-21-9-5-17)13(19)12-11(15)10-16-18(12)6-7-20-3/h10H,4-9H2,1-3H3. The Balaban J connectivity index is 2.23. The maximum atomic E-state index is 13.0. The van der Waals surface area contributed by atoms with Crippen molar-refractivity contribution in [3.05, 3.63) is 16.9 Å². The molecule has 1 aromatic rings. The summed E-state index contributed by atoms with van der Waals surface area (Å²) in [6.07, 6.45) is 1.51. The zero-order valence-electron chi connectivity index (χ0n) is 12.8. The Morgan fingerprint density at radius 1 is 1.48 bits per heavy atom. The minimum absolute atomic E-state index is 0.0250. The number of hydrogen-bond acceptors (Lipinski definition) is 5. The molecule has 6 nitrogen and oxygen atoms in total. The van der Waals surface area contributed by atoms with E-state index < -0.39 is 5.54 Å². The number of hydrogen-bond donors (Lipinski definition) is 0. The van der Waals surface area contributed by atoms with Crippen LogP contribution in [0.1, 0.15) is 24.3 Å². The molecule has 0 atom stereocenters. The number of ether oxygens (including phenoxy) is 2. The predicted octanol–water partition coefficient (Wildman–Crippen LogP) is 1.48. The Hall–Kier alpha value is -0.950. The highest BCUT2D eigenvalue weighted by molar-refractivity contribution is 6.34. The average molecular weight is 316 g/mol. The summed E-state index contributed by atoms with van der Waals surface area (Å²) in [4.78, 5) is 15.1. The fourth-order valence-electron chi connectivity index (χ4n) is 2.49. The third-order valence-electron chi connectivity index (χ3n) is 3.87. The minimum atomic E-state index is -0.641. The first-order chi connectivity index (χ1) is 9.98. The lowest BCUT2D eigenvalue weighted by Gasteiger charge is -2.39. The number of ketones is 1. The first kappa shape index (κ1) is 16.4. The van der Waals surface area contributed by atoms with Crippen LogP contribution in [0, 0.1) is 0 Å². The smallest absolute Gasteiger partial charge is 0.201 e. The van der Waals surface area contributed by atoms with Crippen LogP contribution in [-0.4, -0.2) is 66.0 Å². The van der Waals surface area contributed by atoms with E-state index in [9.17, 15) is 4.79 Å². The molecule has 1 aliphatic heterocycles. The minimum Gasteiger partial charge on any atom is -0.383 e.